The van der Waals surface area contributed by atoms with Gasteiger partial charge in [-0.3, -0.25) is 9.69 Å². The van der Waals surface area contributed by atoms with E-state index in [-0.39, 0.29) is 5.54 Å². The first kappa shape index (κ1) is 15.7. The lowest BCUT2D eigenvalue weighted by Crippen LogP contribution is -2.53. The van der Waals surface area contributed by atoms with Crippen LogP contribution >= 0.6 is 0 Å². The van der Waals surface area contributed by atoms with E-state index in [9.17, 15) is 4.79 Å². The third-order valence-corrected chi connectivity index (χ3v) is 5.03. The Bertz CT molecular complexity index is 248. The van der Waals surface area contributed by atoms with Crippen LogP contribution in [-0.2, 0) is 4.79 Å². The van der Waals surface area contributed by atoms with E-state index in [4.69, 9.17) is 0 Å². The van der Waals surface area contributed by atoms with Crippen LogP contribution in [0, 0.1) is 5.92 Å². The highest BCUT2D eigenvalue weighted by atomic mass is 16.1. The van der Waals surface area contributed by atoms with E-state index in [1.54, 1.807) is 0 Å². The molecule has 0 aromatic rings. The third kappa shape index (κ3) is 3.14. The molecule has 18 heavy (non-hydrogen) atoms. The monoisotopic (exact) mass is 253 g/mol. The SMILES string of the molecule is CCC(CC)CC(=O)C(CC)(CC)N1CCCC1. The van der Waals surface area contributed by atoms with Crippen molar-refractivity contribution in [2.75, 3.05) is 13.1 Å². The number of Topliss-reactive ketones (excluding diaryl/α,β-unsaturated/α-hetero) is 1. The first-order chi connectivity index (χ1) is 8.64. The van der Waals surface area contributed by atoms with Gasteiger partial charge in [0, 0.05) is 6.42 Å². The normalized spacial score (nSPS) is 17.6. The second-order valence-electron chi connectivity index (χ2n) is 5.74. The molecule has 0 bridgehead atoms. The quantitative estimate of drug-likeness (QED) is 0.651. The maximum atomic E-state index is 12.8. The summed E-state index contributed by atoms with van der Waals surface area (Å²) in [6.07, 6.45) is 7.52. The summed E-state index contributed by atoms with van der Waals surface area (Å²) in [5, 5.41) is 0. The van der Waals surface area contributed by atoms with Gasteiger partial charge in [0.1, 0.15) is 0 Å². The van der Waals surface area contributed by atoms with Crippen LogP contribution in [-0.4, -0.2) is 29.3 Å². The molecule has 0 radical (unpaired) electrons. The van der Waals surface area contributed by atoms with Gasteiger partial charge in [0.05, 0.1) is 5.54 Å². The third-order valence-electron chi connectivity index (χ3n) is 5.03. The Hall–Kier alpha value is -0.370. The van der Waals surface area contributed by atoms with Gasteiger partial charge in [-0.1, -0.05) is 40.5 Å². The van der Waals surface area contributed by atoms with Gasteiger partial charge in [-0.15, -0.1) is 0 Å². The van der Waals surface area contributed by atoms with Crippen molar-refractivity contribution in [3.05, 3.63) is 0 Å². The van der Waals surface area contributed by atoms with Gasteiger partial charge in [-0.2, -0.15) is 0 Å². The Kier molecular flexibility index (Phi) is 6.34. The zero-order valence-corrected chi connectivity index (χ0v) is 12.8. The lowest BCUT2D eigenvalue weighted by atomic mass is 9.81. The molecule has 0 aromatic carbocycles. The maximum Gasteiger partial charge on any atom is 0.153 e. The first-order valence-corrected chi connectivity index (χ1v) is 7.92. The highest BCUT2D eigenvalue weighted by Gasteiger charge is 2.41. The van der Waals surface area contributed by atoms with E-state index in [1.807, 2.05) is 0 Å². The van der Waals surface area contributed by atoms with Gasteiger partial charge in [-0.05, 0) is 44.7 Å². The molecular formula is C16H31NO. The van der Waals surface area contributed by atoms with E-state index < -0.39 is 0 Å². The van der Waals surface area contributed by atoms with Crippen LogP contribution in [0.15, 0.2) is 0 Å². The molecule has 1 fully saturated rings. The molecule has 0 saturated carbocycles. The molecule has 1 saturated heterocycles. The fraction of sp³-hybridized carbons (Fsp3) is 0.938. The smallest absolute Gasteiger partial charge is 0.153 e. The summed E-state index contributed by atoms with van der Waals surface area (Å²) in [5.74, 6) is 1.08. The minimum atomic E-state index is -0.154. The molecule has 0 spiro atoms. The van der Waals surface area contributed by atoms with Crippen molar-refractivity contribution in [3.63, 3.8) is 0 Å². The molecule has 0 amide bonds. The average molecular weight is 253 g/mol. The molecule has 0 aromatic heterocycles. The Morgan fingerprint density at radius 1 is 1.06 bits per heavy atom. The largest absolute Gasteiger partial charge is 0.298 e. The van der Waals surface area contributed by atoms with E-state index in [2.05, 4.69) is 32.6 Å². The van der Waals surface area contributed by atoms with E-state index in [0.29, 0.717) is 11.7 Å². The molecule has 0 aliphatic carbocycles. The van der Waals surface area contributed by atoms with Crippen LogP contribution in [0.5, 0.6) is 0 Å². The van der Waals surface area contributed by atoms with E-state index >= 15 is 0 Å². The molecule has 0 unspecified atom stereocenters. The Morgan fingerprint density at radius 2 is 1.56 bits per heavy atom. The van der Waals surface area contributed by atoms with Gasteiger partial charge in [0.25, 0.3) is 0 Å². The Labute approximate surface area is 113 Å². The van der Waals surface area contributed by atoms with Gasteiger partial charge in [0.15, 0.2) is 5.78 Å². The van der Waals surface area contributed by atoms with Crippen LogP contribution in [0.4, 0.5) is 0 Å². The maximum absolute atomic E-state index is 12.8. The molecule has 2 heteroatoms. The highest BCUT2D eigenvalue weighted by Crippen LogP contribution is 2.32. The average Bonchev–Trinajstić information content (AvgIpc) is 2.92. The zero-order valence-electron chi connectivity index (χ0n) is 12.8. The number of rotatable bonds is 8. The number of hydrogen-bond donors (Lipinski definition) is 0. The van der Waals surface area contributed by atoms with Crippen molar-refractivity contribution < 1.29 is 4.79 Å². The number of likely N-dealkylation sites (tertiary alicyclic amines) is 1. The summed E-state index contributed by atoms with van der Waals surface area (Å²) < 4.78 is 0. The predicted molar refractivity (Wildman–Crippen MR) is 77.8 cm³/mol. The van der Waals surface area contributed by atoms with Gasteiger partial charge in [-0.25, -0.2) is 0 Å². The summed E-state index contributed by atoms with van der Waals surface area (Å²) in [6, 6.07) is 0. The standard InChI is InChI=1S/C16H31NO/c1-5-14(6-2)13-15(18)16(7-3,8-4)17-11-9-10-12-17/h14H,5-13H2,1-4H3. The summed E-state index contributed by atoms with van der Waals surface area (Å²) in [7, 11) is 0. The fourth-order valence-electron chi connectivity index (χ4n) is 3.44. The Morgan fingerprint density at radius 3 is 1.94 bits per heavy atom. The van der Waals surface area contributed by atoms with Crippen molar-refractivity contribution in [2.24, 2.45) is 5.92 Å². The minimum absolute atomic E-state index is 0.154. The number of ketones is 1. The van der Waals surface area contributed by atoms with Crippen molar-refractivity contribution >= 4 is 5.78 Å². The molecule has 106 valence electrons. The first-order valence-electron chi connectivity index (χ1n) is 7.92. The van der Waals surface area contributed by atoms with Gasteiger partial charge in [0.2, 0.25) is 0 Å². The Balaban J connectivity index is 2.79. The summed E-state index contributed by atoms with van der Waals surface area (Å²) in [4.78, 5) is 15.3. The topological polar surface area (TPSA) is 20.3 Å². The number of hydrogen-bond acceptors (Lipinski definition) is 2. The van der Waals surface area contributed by atoms with Crippen LogP contribution in [0.3, 0.4) is 0 Å². The van der Waals surface area contributed by atoms with Gasteiger partial charge >= 0.3 is 0 Å². The van der Waals surface area contributed by atoms with E-state index in [1.165, 1.54) is 12.8 Å². The summed E-state index contributed by atoms with van der Waals surface area (Å²) >= 11 is 0. The van der Waals surface area contributed by atoms with Crippen molar-refractivity contribution in [1.29, 1.82) is 0 Å². The zero-order chi connectivity index (χ0) is 13.6. The molecule has 2 nitrogen and oxygen atoms in total. The van der Waals surface area contributed by atoms with Crippen molar-refractivity contribution in [1.82, 2.24) is 4.90 Å². The molecular weight excluding hydrogens is 222 g/mol. The molecule has 0 atom stereocenters. The summed E-state index contributed by atoms with van der Waals surface area (Å²) in [6.45, 7) is 11.0. The number of carbonyl (C=O) groups excluding carboxylic acids is 1. The summed E-state index contributed by atoms with van der Waals surface area (Å²) in [5.41, 5.74) is -0.154. The molecule has 0 N–H and O–H groups in total. The highest BCUT2D eigenvalue weighted by molar-refractivity contribution is 5.88. The number of carbonyl (C=O) groups is 1. The van der Waals surface area contributed by atoms with Crippen molar-refractivity contribution in [3.8, 4) is 0 Å². The van der Waals surface area contributed by atoms with Gasteiger partial charge < -0.3 is 0 Å². The second kappa shape index (κ2) is 7.28. The molecule has 1 heterocycles. The molecule has 1 aliphatic rings. The molecule has 1 rings (SSSR count). The predicted octanol–water partition coefficient (Wildman–Crippen LogP) is 4.04. The lowest BCUT2D eigenvalue weighted by molar-refractivity contribution is -0.132. The van der Waals surface area contributed by atoms with Crippen LogP contribution in [0.2, 0.25) is 0 Å². The van der Waals surface area contributed by atoms with Crippen molar-refractivity contribution in [2.45, 2.75) is 78.2 Å². The minimum Gasteiger partial charge on any atom is -0.298 e. The lowest BCUT2D eigenvalue weighted by Gasteiger charge is -2.40. The fourth-order valence-corrected chi connectivity index (χ4v) is 3.44. The van der Waals surface area contributed by atoms with Crippen LogP contribution in [0.25, 0.3) is 0 Å². The number of nitrogens with zero attached hydrogens (tertiary/aromatic N) is 1. The second-order valence-corrected chi connectivity index (χ2v) is 5.74. The molecule has 1 aliphatic heterocycles. The van der Waals surface area contributed by atoms with Crippen LogP contribution in [0.1, 0.15) is 72.6 Å². The van der Waals surface area contributed by atoms with E-state index in [0.717, 1.165) is 45.2 Å². The van der Waals surface area contributed by atoms with Crippen LogP contribution < -0.4 is 0 Å².